The summed E-state index contributed by atoms with van der Waals surface area (Å²) in [5, 5.41) is 17.3. The van der Waals surface area contributed by atoms with Crippen LogP contribution in [0.15, 0.2) is 97.1 Å². The maximum atomic E-state index is 12.7. The first-order chi connectivity index (χ1) is 19.7. The largest absolute Gasteiger partial charge is 0.336 e. The molecule has 0 atom stereocenters. The predicted octanol–water partition coefficient (Wildman–Crippen LogP) is 9.92. The Morgan fingerprint density at radius 2 is 1.27 bits per heavy atom. The minimum Gasteiger partial charge on any atom is -0.336 e. The van der Waals surface area contributed by atoms with Crippen molar-refractivity contribution in [2.75, 3.05) is 0 Å². The quantitative estimate of drug-likeness (QED) is 0.166. The molecule has 1 aliphatic rings. The van der Waals surface area contributed by atoms with E-state index in [2.05, 4.69) is 111 Å². The zero-order valence-electron chi connectivity index (χ0n) is 24.1. The monoisotopic (exact) mass is 538 g/mol. The van der Waals surface area contributed by atoms with E-state index in [1.165, 1.54) is 21.9 Å². The van der Waals surface area contributed by atoms with Crippen LogP contribution >= 0.6 is 0 Å². The fourth-order valence-electron chi connectivity index (χ4n) is 7.04. The molecule has 6 aromatic rings. The minimum absolute atomic E-state index is 0.0587. The van der Waals surface area contributed by atoms with Crippen molar-refractivity contribution in [1.29, 1.82) is 0 Å². The Morgan fingerprint density at radius 1 is 0.683 bits per heavy atom. The van der Waals surface area contributed by atoms with Gasteiger partial charge >= 0.3 is 0 Å². The predicted molar refractivity (Wildman–Crippen MR) is 170 cm³/mol. The van der Waals surface area contributed by atoms with Crippen molar-refractivity contribution < 1.29 is 4.92 Å². The number of para-hydroxylation sites is 1. The van der Waals surface area contributed by atoms with Crippen molar-refractivity contribution in [3.8, 4) is 11.1 Å². The molecule has 0 fully saturated rings. The lowest BCUT2D eigenvalue weighted by atomic mass is 9.62. The molecule has 1 aliphatic carbocycles. The molecular formula is C37H34N2O2. The first kappa shape index (κ1) is 25.5. The van der Waals surface area contributed by atoms with E-state index >= 15 is 0 Å². The second kappa shape index (κ2) is 9.04. The van der Waals surface area contributed by atoms with Gasteiger partial charge in [0.15, 0.2) is 0 Å². The van der Waals surface area contributed by atoms with Gasteiger partial charge in [-0.2, -0.15) is 0 Å². The molecule has 1 aromatic heterocycles. The van der Waals surface area contributed by atoms with E-state index in [-0.39, 0.29) is 21.4 Å². The Labute approximate surface area is 240 Å². The number of nitrogens with zero attached hydrogens (tertiary/aromatic N) is 2. The van der Waals surface area contributed by atoms with E-state index in [1.54, 1.807) is 0 Å². The molecule has 0 radical (unpaired) electrons. The van der Waals surface area contributed by atoms with E-state index in [4.69, 9.17) is 0 Å². The Hall–Kier alpha value is -4.44. The molecule has 4 nitrogen and oxygen atoms in total. The number of nitro benzene ring substituents is 1. The minimum atomic E-state index is -0.189. The standard InChI is InChI=1S/C37H34N2O2/c1-36(2)18-19-37(3,4)31-22-33(39(40)41)29(20-30(31)36)28-21-34-35(26-15-9-8-14-25(26)28)27-16-10-11-17-32(27)38(34)23-24-12-6-5-7-13-24/h5-17,20-22H,18-19,23H2,1-4H3. The topological polar surface area (TPSA) is 48.1 Å². The fourth-order valence-corrected chi connectivity index (χ4v) is 7.04. The molecule has 0 aliphatic heterocycles. The molecule has 0 unspecified atom stereocenters. The van der Waals surface area contributed by atoms with Gasteiger partial charge < -0.3 is 4.57 Å². The fraction of sp³-hybridized carbons (Fsp3) is 0.243. The zero-order chi connectivity index (χ0) is 28.5. The maximum Gasteiger partial charge on any atom is 0.277 e. The summed E-state index contributed by atoms with van der Waals surface area (Å²) in [7, 11) is 0. The molecule has 204 valence electrons. The van der Waals surface area contributed by atoms with Gasteiger partial charge in [0.25, 0.3) is 5.69 Å². The van der Waals surface area contributed by atoms with Crippen LogP contribution in [0.3, 0.4) is 0 Å². The highest BCUT2D eigenvalue weighted by molar-refractivity contribution is 6.24. The summed E-state index contributed by atoms with van der Waals surface area (Å²) >= 11 is 0. The van der Waals surface area contributed by atoms with Gasteiger partial charge in [-0.05, 0) is 74.9 Å². The average molecular weight is 539 g/mol. The first-order valence-electron chi connectivity index (χ1n) is 14.5. The van der Waals surface area contributed by atoms with Gasteiger partial charge in [-0.15, -0.1) is 0 Å². The number of aromatic nitrogens is 1. The molecule has 0 amide bonds. The SMILES string of the molecule is CC1(C)CCC(C)(C)c2cc([N+](=O)[O-])c(-c3cc4c(c5ccccc35)c3ccccc3n4Cc3ccccc3)cc21. The molecule has 0 saturated heterocycles. The van der Waals surface area contributed by atoms with Gasteiger partial charge in [-0.1, -0.05) is 100 Å². The van der Waals surface area contributed by atoms with Crippen molar-refractivity contribution in [3.05, 3.63) is 124 Å². The van der Waals surface area contributed by atoms with Gasteiger partial charge in [-0.25, -0.2) is 0 Å². The van der Waals surface area contributed by atoms with Crippen LogP contribution in [0.2, 0.25) is 0 Å². The molecule has 5 aromatic carbocycles. The highest BCUT2D eigenvalue weighted by Gasteiger charge is 2.39. The highest BCUT2D eigenvalue weighted by atomic mass is 16.6. The van der Waals surface area contributed by atoms with Crippen LogP contribution in [0.25, 0.3) is 43.7 Å². The lowest BCUT2D eigenvalue weighted by Crippen LogP contribution is -2.34. The summed E-state index contributed by atoms with van der Waals surface area (Å²) in [6, 6.07) is 33.7. The maximum absolute atomic E-state index is 12.7. The third kappa shape index (κ3) is 3.96. The van der Waals surface area contributed by atoms with Crippen LogP contribution in [-0.2, 0) is 17.4 Å². The van der Waals surface area contributed by atoms with E-state index in [0.29, 0.717) is 5.56 Å². The molecule has 41 heavy (non-hydrogen) atoms. The van der Waals surface area contributed by atoms with Gasteiger partial charge in [0.1, 0.15) is 0 Å². The second-order valence-corrected chi connectivity index (χ2v) is 12.9. The number of benzene rings is 5. The molecule has 0 spiro atoms. The van der Waals surface area contributed by atoms with E-state index in [1.807, 2.05) is 18.2 Å². The molecular weight excluding hydrogens is 504 g/mol. The summed E-state index contributed by atoms with van der Waals surface area (Å²) in [6.07, 6.45) is 2.06. The third-order valence-corrected chi connectivity index (χ3v) is 9.42. The van der Waals surface area contributed by atoms with Crippen molar-refractivity contribution >= 4 is 38.3 Å². The lowest BCUT2D eigenvalue weighted by Gasteiger charge is -2.42. The van der Waals surface area contributed by atoms with Crippen molar-refractivity contribution in [1.82, 2.24) is 4.57 Å². The first-order valence-corrected chi connectivity index (χ1v) is 14.5. The number of hydrogen-bond acceptors (Lipinski definition) is 2. The Morgan fingerprint density at radius 3 is 1.95 bits per heavy atom. The molecule has 4 heteroatoms. The number of hydrogen-bond donors (Lipinski definition) is 0. The molecule has 7 rings (SSSR count). The Kier molecular flexibility index (Phi) is 5.62. The van der Waals surface area contributed by atoms with Crippen molar-refractivity contribution in [3.63, 3.8) is 0 Å². The Balaban J connectivity index is 1.61. The van der Waals surface area contributed by atoms with Crippen LogP contribution in [0, 0.1) is 10.1 Å². The van der Waals surface area contributed by atoms with Crippen LogP contribution in [0.5, 0.6) is 0 Å². The molecule has 0 N–H and O–H groups in total. The van der Waals surface area contributed by atoms with Crippen LogP contribution < -0.4 is 0 Å². The summed E-state index contributed by atoms with van der Waals surface area (Å²) in [4.78, 5) is 12.5. The molecule has 0 bridgehead atoms. The summed E-state index contributed by atoms with van der Waals surface area (Å²) in [6.45, 7) is 9.70. The number of rotatable bonds is 4. The normalized spacial score (nSPS) is 15.8. The summed E-state index contributed by atoms with van der Waals surface area (Å²) < 4.78 is 2.37. The number of fused-ring (bicyclic) bond motifs is 6. The van der Waals surface area contributed by atoms with Crippen LogP contribution in [0.1, 0.15) is 57.2 Å². The van der Waals surface area contributed by atoms with E-state index in [0.717, 1.165) is 52.3 Å². The highest BCUT2D eigenvalue weighted by Crippen LogP contribution is 2.50. The van der Waals surface area contributed by atoms with Crippen LogP contribution in [-0.4, -0.2) is 9.49 Å². The molecule has 1 heterocycles. The number of nitro groups is 1. The van der Waals surface area contributed by atoms with Gasteiger partial charge in [-0.3, -0.25) is 10.1 Å². The van der Waals surface area contributed by atoms with Gasteiger partial charge in [0.05, 0.1) is 16.0 Å². The van der Waals surface area contributed by atoms with Crippen LogP contribution in [0.4, 0.5) is 5.69 Å². The summed E-state index contributed by atoms with van der Waals surface area (Å²) in [5.74, 6) is 0. The molecule has 0 saturated carbocycles. The van der Waals surface area contributed by atoms with Crippen molar-refractivity contribution in [2.45, 2.75) is 57.9 Å². The zero-order valence-corrected chi connectivity index (χ0v) is 24.1. The smallest absolute Gasteiger partial charge is 0.277 e. The van der Waals surface area contributed by atoms with Crippen molar-refractivity contribution in [2.24, 2.45) is 0 Å². The Bertz CT molecular complexity index is 2000. The summed E-state index contributed by atoms with van der Waals surface area (Å²) in [5.41, 5.74) is 7.44. The van der Waals surface area contributed by atoms with Gasteiger partial charge in [0, 0.05) is 28.9 Å². The van der Waals surface area contributed by atoms with E-state index < -0.39 is 0 Å². The van der Waals surface area contributed by atoms with E-state index in [9.17, 15) is 10.1 Å². The third-order valence-electron chi connectivity index (χ3n) is 9.42. The average Bonchev–Trinajstić information content (AvgIpc) is 3.28. The lowest BCUT2D eigenvalue weighted by molar-refractivity contribution is -0.384. The second-order valence-electron chi connectivity index (χ2n) is 12.9. The van der Waals surface area contributed by atoms with Gasteiger partial charge in [0.2, 0.25) is 0 Å².